The van der Waals surface area contributed by atoms with Gasteiger partial charge in [0.15, 0.2) is 0 Å². The van der Waals surface area contributed by atoms with Gasteiger partial charge in [-0.05, 0) is 19.6 Å². The predicted octanol–water partition coefficient (Wildman–Crippen LogP) is 1.81. The zero-order valence-electron chi connectivity index (χ0n) is 6.69. The Morgan fingerprint density at radius 2 is 2.00 bits per heavy atom. The van der Waals surface area contributed by atoms with Crippen LogP contribution in [0, 0.1) is 0 Å². The van der Waals surface area contributed by atoms with E-state index >= 15 is 0 Å². The fourth-order valence-electron chi connectivity index (χ4n) is 0.703. The number of rotatable bonds is 3. The number of hydrogen-bond donors (Lipinski definition) is 0. The lowest BCUT2D eigenvalue weighted by molar-refractivity contribution is 0.627. The van der Waals surface area contributed by atoms with E-state index in [4.69, 9.17) is 11.1 Å². The molecule has 0 bridgehead atoms. The summed E-state index contributed by atoms with van der Waals surface area (Å²) < 4.78 is 2.18. The molecule has 1 nitrogen and oxygen atoms in total. The molecule has 0 rings (SSSR count). The maximum Gasteiger partial charge on any atom is 0.216 e. The van der Waals surface area contributed by atoms with Crippen LogP contribution in [0.3, 0.4) is 0 Å². The van der Waals surface area contributed by atoms with E-state index in [-0.39, 0.29) is 0 Å². The molecule has 0 saturated heterocycles. The van der Waals surface area contributed by atoms with Gasteiger partial charge in [0, 0.05) is 0 Å². The Kier molecular flexibility index (Phi) is 4.53. The topological polar surface area (TPSA) is 3.24 Å². The Morgan fingerprint density at radius 3 is 2.11 bits per heavy atom. The molecule has 0 saturated carbocycles. The second-order valence-corrected chi connectivity index (χ2v) is 6.98. The molecule has 0 radical (unpaired) electrons. The first-order valence-corrected chi connectivity index (χ1v) is 6.33. The molecule has 0 heterocycles. The van der Waals surface area contributed by atoms with Gasteiger partial charge in [0.1, 0.15) is 0 Å². The van der Waals surface area contributed by atoms with E-state index in [2.05, 4.69) is 32.5 Å². The molecule has 0 aliphatic rings. The lowest BCUT2D eigenvalue weighted by Crippen LogP contribution is -2.30. The van der Waals surface area contributed by atoms with E-state index < -0.39 is 8.27 Å². The predicted molar refractivity (Wildman–Crippen MR) is 46.4 cm³/mol. The summed E-state index contributed by atoms with van der Waals surface area (Å²) in [6.45, 7) is 4.42. The van der Waals surface area contributed by atoms with Crippen LogP contribution < -0.4 is 0 Å². The minimum absolute atomic E-state index is 0.724. The Labute approximate surface area is 64.4 Å². The SMILES string of the molecule is CCC(C)[SiH](Cl)N(C)C. The Balaban J connectivity index is 3.58. The second-order valence-electron chi connectivity index (χ2n) is 2.72. The molecule has 0 amide bonds. The normalized spacial score (nSPS) is 18.0. The number of nitrogens with zero attached hydrogens (tertiary/aromatic N) is 1. The summed E-state index contributed by atoms with van der Waals surface area (Å²) in [5.41, 5.74) is 0.724. The standard InChI is InChI=1S/C6H16ClNSi/c1-5-6(2)9(7)8(3)4/h6,9H,5H2,1-4H3. The Bertz CT molecular complexity index is 77.5. The third kappa shape index (κ3) is 3.23. The minimum Gasteiger partial charge on any atom is -0.319 e. The average Bonchev–Trinajstić information content (AvgIpc) is 1.84. The fourth-order valence-corrected chi connectivity index (χ4v) is 2.64. The monoisotopic (exact) mass is 165 g/mol. The van der Waals surface area contributed by atoms with Crippen molar-refractivity contribution in [3.8, 4) is 0 Å². The van der Waals surface area contributed by atoms with Crippen molar-refractivity contribution < 1.29 is 0 Å². The zero-order valence-corrected chi connectivity index (χ0v) is 8.60. The van der Waals surface area contributed by atoms with Crippen molar-refractivity contribution in [2.75, 3.05) is 14.1 Å². The Morgan fingerprint density at radius 1 is 1.56 bits per heavy atom. The van der Waals surface area contributed by atoms with Crippen LogP contribution in [0.15, 0.2) is 0 Å². The van der Waals surface area contributed by atoms with Crippen molar-refractivity contribution in [1.29, 1.82) is 0 Å². The van der Waals surface area contributed by atoms with Crippen molar-refractivity contribution in [1.82, 2.24) is 4.57 Å². The van der Waals surface area contributed by atoms with Gasteiger partial charge in [0.25, 0.3) is 0 Å². The smallest absolute Gasteiger partial charge is 0.216 e. The van der Waals surface area contributed by atoms with Crippen LogP contribution in [0.4, 0.5) is 0 Å². The van der Waals surface area contributed by atoms with E-state index in [1.165, 1.54) is 6.42 Å². The first kappa shape index (κ1) is 9.47. The molecule has 0 fully saturated rings. The zero-order chi connectivity index (χ0) is 7.44. The highest BCUT2D eigenvalue weighted by molar-refractivity contribution is 7.05. The van der Waals surface area contributed by atoms with E-state index in [0.717, 1.165) is 5.54 Å². The van der Waals surface area contributed by atoms with Crippen LogP contribution in [0.1, 0.15) is 20.3 Å². The van der Waals surface area contributed by atoms with Gasteiger partial charge in [-0.1, -0.05) is 20.3 Å². The molecular formula is C6H16ClNSi. The number of hydrogen-bond acceptors (Lipinski definition) is 1. The van der Waals surface area contributed by atoms with Gasteiger partial charge in [0.05, 0.1) is 0 Å². The minimum atomic E-state index is -1.06. The molecular weight excluding hydrogens is 150 g/mol. The molecule has 9 heavy (non-hydrogen) atoms. The first-order valence-electron chi connectivity index (χ1n) is 3.40. The van der Waals surface area contributed by atoms with Crippen LogP contribution >= 0.6 is 11.1 Å². The van der Waals surface area contributed by atoms with Gasteiger partial charge in [-0.3, -0.25) is 0 Å². The maximum atomic E-state index is 6.13. The second kappa shape index (κ2) is 4.31. The van der Waals surface area contributed by atoms with Gasteiger partial charge in [-0.15, -0.1) is 11.1 Å². The molecule has 0 aliphatic heterocycles. The fraction of sp³-hybridized carbons (Fsp3) is 1.00. The first-order chi connectivity index (χ1) is 4.09. The van der Waals surface area contributed by atoms with Crippen LogP contribution in [0.2, 0.25) is 5.54 Å². The third-order valence-corrected chi connectivity index (χ3v) is 6.47. The van der Waals surface area contributed by atoms with E-state index in [1.807, 2.05) is 0 Å². The summed E-state index contributed by atoms with van der Waals surface area (Å²) >= 11 is 6.13. The van der Waals surface area contributed by atoms with Crippen LogP contribution in [0.25, 0.3) is 0 Å². The van der Waals surface area contributed by atoms with Gasteiger partial charge in [-0.2, -0.15) is 0 Å². The maximum absolute atomic E-state index is 6.13. The summed E-state index contributed by atoms with van der Waals surface area (Å²) in [6.07, 6.45) is 1.21. The van der Waals surface area contributed by atoms with Gasteiger partial charge in [0.2, 0.25) is 8.27 Å². The average molecular weight is 166 g/mol. The summed E-state index contributed by atoms with van der Waals surface area (Å²) in [5.74, 6) is 0. The Hall–Kier alpha value is 0.467. The van der Waals surface area contributed by atoms with Gasteiger partial charge in [-0.25, -0.2) is 0 Å². The van der Waals surface area contributed by atoms with Crippen molar-refractivity contribution in [3.63, 3.8) is 0 Å². The molecule has 0 aromatic rings. The lowest BCUT2D eigenvalue weighted by Gasteiger charge is -2.20. The highest BCUT2D eigenvalue weighted by Gasteiger charge is 2.16. The molecule has 3 heteroatoms. The van der Waals surface area contributed by atoms with E-state index in [1.54, 1.807) is 0 Å². The molecule has 56 valence electrons. The van der Waals surface area contributed by atoms with Crippen LogP contribution in [-0.2, 0) is 0 Å². The van der Waals surface area contributed by atoms with Gasteiger partial charge >= 0.3 is 0 Å². The number of halogens is 1. The molecule has 0 aliphatic carbocycles. The highest BCUT2D eigenvalue weighted by Crippen LogP contribution is 2.17. The quantitative estimate of drug-likeness (QED) is 0.456. The summed E-state index contributed by atoms with van der Waals surface area (Å²) in [5, 5.41) is 0. The molecule has 2 atom stereocenters. The van der Waals surface area contributed by atoms with Crippen molar-refractivity contribution in [2.45, 2.75) is 25.8 Å². The van der Waals surface area contributed by atoms with Crippen LogP contribution in [0.5, 0.6) is 0 Å². The van der Waals surface area contributed by atoms with E-state index in [0.29, 0.717) is 0 Å². The van der Waals surface area contributed by atoms with Gasteiger partial charge < -0.3 is 4.57 Å². The van der Waals surface area contributed by atoms with Crippen molar-refractivity contribution >= 4 is 19.3 Å². The molecule has 0 aromatic carbocycles. The largest absolute Gasteiger partial charge is 0.319 e. The molecule has 0 spiro atoms. The highest BCUT2D eigenvalue weighted by atomic mass is 35.6. The summed E-state index contributed by atoms with van der Waals surface area (Å²) in [6, 6.07) is 0. The van der Waals surface area contributed by atoms with Crippen LogP contribution in [-0.4, -0.2) is 26.9 Å². The summed E-state index contributed by atoms with van der Waals surface area (Å²) in [4.78, 5) is 0. The van der Waals surface area contributed by atoms with Crippen molar-refractivity contribution in [2.24, 2.45) is 0 Å². The molecule has 0 aromatic heterocycles. The van der Waals surface area contributed by atoms with Crippen molar-refractivity contribution in [3.05, 3.63) is 0 Å². The summed E-state index contributed by atoms with van der Waals surface area (Å²) in [7, 11) is 3.07. The van der Waals surface area contributed by atoms with E-state index in [9.17, 15) is 0 Å². The molecule has 0 N–H and O–H groups in total. The molecule has 2 unspecified atom stereocenters. The lowest BCUT2D eigenvalue weighted by atomic mass is 10.4. The third-order valence-electron chi connectivity index (χ3n) is 1.61.